The molecule has 4 aromatic rings. The molecule has 1 atom stereocenters. The number of rotatable bonds is 2. The zero-order valence-electron chi connectivity index (χ0n) is 15.7. The van der Waals surface area contributed by atoms with Crippen molar-refractivity contribution in [2.75, 3.05) is 0 Å². The third-order valence-electron chi connectivity index (χ3n) is 5.53. The van der Waals surface area contributed by atoms with Gasteiger partial charge in [-0.3, -0.25) is 0 Å². The molecular weight excluding hydrogens is 404 g/mol. The molecule has 0 saturated carbocycles. The Morgan fingerprint density at radius 3 is 1.90 bits per heavy atom. The van der Waals surface area contributed by atoms with E-state index in [2.05, 4.69) is 0 Å². The molecule has 1 heterocycles. The predicted molar refractivity (Wildman–Crippen MR) is 115 cm³/mol. The van der Waals surface area contributed by atoms with E-state index in [0.717, 1.165) is 44.7 Å². The maximum atomic E-state index is 14.3. The van der Waals surface area contributed by atoms with Crippen LogP contribution in [0.5, 0.6) is 0 Å². The fourth-order valence-electron chi connectivity index (χ4n) is 4.08. The molecule has 0 radical (unpaired) electrons. The Hall–Kier alpha value is -3.10. The molecule has 0 aliphatic carbocycles. The summed E-state index contributed by atoms with van der Waals surface area (Å²) in [6.45, 7) is 0. The van der Waals surface area contributed by atoms with Gasteiger partial charge in [-0.05, 0) is 46.5 Å². The Kier molecular flexibility index (Phi) is 4.23. The van der Waals surface area contributed by atoms with Gasteiger partial charge in [-0.25, -0.2) is 0 Å². The van der Waals surface area contributed by atoms with Crippen LogP contribution in [0.2, 0.25) is 0 Å². The van der Waals surface area contributed by atoms with Gasteiger partial charge >= 0.3 is 6.18 Å². The summed E-state index contributed by atoms with van der Waals surface area (Å²) in [4.78, 5) is 0. The zero-order chi connectivity index (χ0) is 20.9. The molecule has 5 heteroatoms. The topological polar surface area (TPSA) is 17.1 Å². The van der Waals surface area contributed by atoms with Gasteiger partial charge in [0.25, 0.3) is 0 Å². The number of hydrogen-bond donors (Lipinski definition) is 0. The molecule has 0 spiro atoms. The van der Waals surface area contributed by atoms with Crippen LogP contribution in [0, 0.1) is 0 Å². The summed E-state index contributed by atoms with van der Waals surface area (Å²) in [5.74, 6) is 0. The summed E-state index contributed by atoms with van der Waals surface area (Å²) in [7, 11) is -2.99. The average molecular weight is 420 g/mol. The Labute approximate surface area is 172 Å². The van der Waals surface area contributed by atoms with Crippen molar-refractivity contribution < 1.29 is 17.7 Å². The van der Waals surface area contributed by atoms with Crippen LogP contribution in [0.1, 0.15) is 5.56 Å². The van der Waals surface area contributed by atoms with E-state index in [-0.39, 0.29) is 0 Å². The van der Waals surface area contributed by atoms with Crippen molar-refractivity contribution in [2.24, 2.45) is 0 Å². The normalized spacial score (nSPS) is 17.4. The predicted octanol–water partition coefficient (Wildman–Crippen LogP) is 5.99. The second-order valence-corrected chi connectivity index (χ2v) is 9.97. The third kappa shape index (κ3) is 2.83. The Morgan fingerprint density at radius 1 is 0.600 bits per heavy atom. The van der Waals surface area contributed by atoms with Crippen LogP contribution < -0.4 is 15.9 Å². The lowest BCUT2D eigenvalue weighted by atomic mass is 9.98. The van der Waals surface area contributed by atoms with Crippen molar-refractivity contribution in [1.82, 2.24) is 0 Å². The highest BCUT2D eigenvalue weighted by Gasteiger charge is 2.40. The summed E-state index contributed by atoms with van der Waals surface area (Å²) in [5.41, 5.74) is 2.58. The quantitative estimate of drug-likeness (QED) is 0.321. The lowest BCUT2D eigenvalue weighted by Crippen LogP contribution is -2.20. The van der Waals surface area contributed by atoms with Gasteiger partial charge < -0.3 is 4.57 Å². The first-order valence-corrected chi connectivity index (χ1v) is 11.2. The summed E-state index contributed by atoms with van der Waals surface area (Å²) in [6.07, 6.45) is -4.36. The van der Waals surface area contributed by atoms with Gasteiger partial charge in [0.05, 0.1) is 5.56 Å². The van der Waals surface area contributed by atoms with Crippen LogP contribution >= 0.6 is 7.14 Å². The first-order valence-electron chi connectivity index (χ1n) is 9.47. The molecule has 0 fully saturated rings. The summed E-state index contributed by atoms with van der Waals surface area (Å²) < 4.78 is 53.0. The largest absolute Gasteiger partial charge is 0.416 e. The van der Waals surface area contributed by atoms with Crippen molar-refractivity contribution in [2.45, 2.75) is 6.18 Å². The summed E-state index contributed by atoms with van der Waals surface area (Å²) in [6, 6.07) is 27.8. The van der Waals surface area contributed by atoms with E-state index in [1.807, 2.05) is 72.8 Å². The Balaban J connectivity index is 1.68. The van der Waals surface area contributed by atoms with Gasteiger partial charge in [-0.2, -0.15) is 13.2 Å². The van der Waals surface area contributed by atoms with E-state index in [4.69, 9.17) is 0 Å². The molecule has 4 aromatic carbocycles. The van der Waals surface area contributed by atoms with Crippen LogP contribution in [-0.2, 0) is 10.7 Å². The number of alkyl halides is 3. The molecule has 30 heavy (non-hydrogen) atoms. The van der Waals surface area contributed by atoms with E-state index in [9.17, 15) is 17.7 Å². The van der Waals surface area contributed by atoms with Gasteiger partial charge in [0.1, 0.15) is 0 Å². The maximum absolute atomic E-state index is 14.3. The van der Waals surface area contributed by atoms with Crippen LogP contribution in [0.25, 0.3) is 22.3 Å². The van der Waals surface area contributed by atoms with Gasteiger partial charge in [-0.1, -0.05) is 72.8 Å². The van der Waals surface area contributed by atoms with Gasteiger partial charge in [-0.15, -0.1) is 0 Å². The van der Waals surface area contributed by atoms with Crippen LogP contribution in [0.3, 0.4) is 0 Å². The summed E-state index contributed by atoms with van der Waals surface area (Å²) >= 11 is 0. The third-order valence-corrected chi connectivity index (χ3v) is 8.70. The van der Waals surface area contributed by atoms with Crippen molar-refractivity contribution in [3.8, 4) is 22.3 Å². The lowest BCUT2D eigenvalue weighted by Gasteiger charge is -2.16. The van der Waals surface area contributed by atoms with E-state index >= 15 is 0 Å². The molecule has 0 saturated heterocycles. The van der Waals surface area contributed by atoms with E-state index < -0.39 is 18.9 Å². The Bertz CT molecular complexity index is 1290. The van der Waals surface area contributed by atoms with Crippen molar-refractivity contribution in [1.29, 1.82) is 0 Å². The van der Waals surface area contributed by atoms with Crippen LogP contribution in [-0.4, -0.2) is 0 Å². The second kappa shape index (κ2) is 6.72. The van der Waals surface area contributed by atoms with Gasteiger partial charge in [0.2, 0.25) is 0 Å². The molecule has 0 aromatic heterocycles. The highest BCUT2D eigenvalue weighted by atomic mass is 31.2. The molecule has 0 N–H and O–H groups in total. The molecule has 1 aliphatic heterocycles. The zero-order valence-corrected chi connectivity index (χ0v) is 16.6. The molecule has 0 amide bonds. The molecule has 1 unspecified atom stereocenters. The minimum Gasteiger partial charge on any atom is -0.309 e. The lowest BCUT2D eigenvalue weighted by molar-refractivity contribution is -0.137. The Morgan fingerprint density at radius 2 is 1.20 bits per heavy atom. The fourth-order valence-corrected chi connectivity index (χ4v) is 7.13. The fraction of sp³-hybridized carbons (Fsp3) is 0.0400. The minimum absolute atomic E-state index is 0.675. The maximum Gasteiger partial charge on any atom is 0.416 e. The number of benzene rings is 4. The molecule has 148 valence electrons. The van der Waals surface area contributed by atoms with Crippen molar-refractivity contribution in [3.05, 3.63) is 103 Å². The van der Waals surface area contributed by atoms with E-state index in [1.165, 1.54) is 12.1 Å². The standard InChI is InChI=1S/C25H16F3OP/c26-25(27,28)19-13-10-17(11-14-19)18-12-15-24-22(16-18)21-8-4-5-9-23(21)30(24,29)20-6-2-1-3-7-20/h1-16H. The molecule has 5 rings (SSSR count). The van der Waals surface area contributed by atoms with Crippen molar-refractivity contribution >= 4 is 23.1 Å². The molecule has 0 bridgehead atoms. The van der Waals surface area contributed by atoms with Crippen LogP contribution in [0.4, 0.5) is 13.2 Å². The smallest absolute Gasteiger partial charge is 0.309 e. The minimum atomic E-state index is -4.36. The number of hydrogen-bond acceptors (Lipinski definition) is 1. The SMILES string of the molecule is O=P1(c2ccccc2)c2ccccc2-c2cc(-c3ccc(C(F)(F)F)cc3)ccc21. The van der Waals surface area contributed by atoms with E-state index in [0.29, 0.717) is 5.56 Å². The average Bonchev–Trinajstić information content (AvgIpc) is 3.03. The second-order valence-electron chi connectivity index (χ2n) is 7.27. The monoisotopic (exact) mass is 420 g/mol. The highest BCUT2D eigenvalue weighted by molar-refractivity contribution is 7.86. The van der Waals surface area contributed by atoms with Gasteiger partial charge in [0, 0.05) is 15.9 Å². The van der Waals surface area contributed by atoms with Crippen LogP contribution in [0.15, 0.2) is 97.1 Å². The number of fused-ring (bicyclic) bond motifs is 3. The first-order chi connectivity index (χ1) is 14.4. The number of halogens is 3. The molecule has 1 nitrogen and oxygen atoms in total. The molecule has 1 aliphatic rings. The summed E-state index contributed by atoms with van der Waals surface area (Å²) in [5, 5.41) is 2.35. The molecular formula is C25H16F3OP. The van der Waals surface area contributed by atoms with E-state index in [1.54, 1.807) is 0 Å². The first kappa shape index (κ1) is 18.9. The highest BCUT2D eigenvalue weighted by Crippen LogP contribution is 2.52. The van der Waals surface area contributed by atoms with Gasteiger partial charge in [0.15, 0.2) is 7.14 Å². The van der Waals surface area contributed by atoms with Crippen molar-refractivity contribution in [3.63, 3.8) is 0 Å².